The summed E-state index contributed by atoms with van der Waals surface area (Å²) in [5, 5.41) is 4.03. The third-order valence-electron chi connectivity index (χ3n) is 4.30. The lowest BCUT2D eigenvalue weighted by Gasteiger charge is -2.08. The normalized spacial score (nSPS) is 17.2. The number of amides is 1. The van der Waals surface area contributed by atoms with Gasteiger partial charge in [0.1, 0.15) is 0 Å². The topological polar surface area (TPSA) is 62.0 Å². The van der Waals surface area contributed by atoms with Crippen LogP contribution in [0.3, 0.4) is 0 Å². The Morgan fingerprint density at radius 1 is 1.20 bits per heavy atom. The third kappa shape index (κ3) is 1.83. The summed E-state index contributed by atoms with van der Waals surface area (Å²) in [5.74, 6) is 0.276. The van der Waals surface area contributed by atoms with Crippen molar-refractivity contribution in [3.05, 3.63) is 39.7 Å². The molecule has 4 heteroatoms. The van der Waals surface area contributed by atoms with Gasteiger partial charge in [-0.15, -0.1) is 0 Å². The molecule has 102 valence electrons. The summed E-state index contributed by atoms with van der Waals surface area (Å²) in [4.78, 5) is 26.8. The summed E-state index contributed by atoms with van der Waals surface area (Å²) in [5.41, 5.74) is 3.74. The first kappa shape index (κ1) is 11.7. The quantitative estimate of drug-likeness (QED) is 0.878. The number of pyridine rings is 1. The van der Waals surface area contributed by atoms with Gasteiger partial charge in [-0.3, -0.25) is 9.59 Å². The van der Waals surface area contributed by atoms with E-state index in [1.807, 2.05) is 18.2 Å². The Morgan fingerprint density at radius 2 is 2.00 bits per heavy atom. The summed E-state index contributed by atoms with van der Waals surface area (Å²) in [6, 6.07) is 5.81. The van der Waals surface area contributed by atoms with E-state index < -0.39 is 0 Å². The van der Waals surface area contributed by atoms with Crippen LogP contribution < -0.4 is 10.9 Å². The maximum atomic E-state index is 12.0. The molecule has 1 heterocycles. The van der Waals surface area contributed by atoms with Gasteiger partial charge in [-0.05, 0) is 49.8 Å². The van der Waals surface area contributed by atoms with Crippen LogP contribution in [0.1, 0.15) is 30.4 Å². The monoisotopic (exact) mass is 268 g/mol. The van der Waals surface area contributed by atoms with E-state index in [2.05, 4.69) is 10.3 Å². The molecule has 0 bridgehead atoms. The molecule has 2 aromatic rings. The molecule has 0 unspecified atom stereocenters. The highest BCUT2D eigenvalue weighted by atomic mass is 16.2. The number of anilines is 1. The van der Waals surface area contributed by atoms with Crippen molar-refractivity contribution in [3.8, 4) is 0 Å². The highest BCUT2D eigenvalue weighted by molar-refractivity contribution is 5.96. The van der Waals surface area contributed by atoms with Crippen molar-refractivity contribution < 1.29 is 4.79 Å². The number of nitrogens with one attached hydrogen (secondary N) is 2. The number of rotatable bonds is 2. The SMILES string of the molecule is O=C(Nc1ccc2c3c(c(=O)[nH]c2c1)CCC3)C1CC1. The van der Waals surface area contributed by atoms with Crippen molar-refractivity contribution in [3.63, 3.8) is 0 Å². The minimum atomic E-state index is 0.0238. The number of fused-ring (bicyclic) bond motifs is 3. The van der Waals surface area contributed by atoms with Gasteiger partial charge in [0, 0.05) is 22.6 Å². The molecule has 0 radical (unpaired) electrons. The van der Waals surface area contributed by atoms with Gasteiger partial charge < -0.3 is 10.3 Å². The van der Waals surface area contributed by atoms with E-state index in [0.717, 1.165) is 54.3 Å². The summed E-state index contributed by atoms with van der Waals surface area (Å²) in [6.07, 6.45) is 4.88. The van der Waals surface area contributed by atoms with Gasteiger partial charge in [-0.25, -0.2) is 0 Å². The fourth-order valence-corrected chi connectivity index (χ4v) is 3.07. The largest absolute Gasteiger partial charge is 0.326 e. The lowest BCUT2D eigenvalue weighted by molar-refractivity contribution is -0.117. The van der Waals surface area contributed by atoms with Gasteiger partial charge >= 0.3 is 0 Å². The lowest BCUT2D eigenvalue weighted by atomic mass is 10.1. The molecule has 1 aromatic heterocycles. The van der Waals surface area contributed by atoms with Crippen molar-refractivity contribution in [2.75, 3.05) is 5.32 Å². The summed E-state index contributed by atoms with van der Waals surface area (Å²) in [7, 11) is 0. The molecular weight excluding hydrogens is 252 g/mol. The second-order valence-electron chi connectivity index (χ2n) is 5.79. The Balaban J connectivity index is 1.78. The molecule has 2 aliphatic rings. The van der Waals surface area contributed by atoms with Gasteiger partial charge in [0.05, 0.1) is 5.52 Å². The first-order chi connectivity index (χ1) is 9.72. The minimum absolute atomic E-state index is 0.0238. The van der Waals surface area contributed by atoms with Crippen LogP contribution in [0.25, 0.3) is 10.9 Å². The lowest BCUT2D eigenvalue weighted by Crippen LogP contribution is -2.14. The van der Waals surface area contributed by atoms with Crippen molar-refractivity contribution in [2.24, 2.45) is 5.92 Å². The van der Waals surface area contributed by atoms with Crippen LogP contribution in [0, 0.1) is 5.92 Å². The molecule has 0 saturated heterocycles. The number of aromatic nitrogens is 1. The van der Waals surface area contributed by atoms with E-state index in [-0.39, 0.29) is 17.4 Å². The molecule has 4 rings (SSSR count). The van der Waals surface area contributed by atoms with Crippen molar-refractivity contribution in [1.29, 1.82) is 0 Å². The van der Waals surface area contributed by atoms with Gasteiger partial charge in [0.2, 0.25) is 5.91 Å². The molecule has 1 amide bonds. The number of hydrogen-bond donors (Lipinski definition) is 2. The average Bonchev–Trinajstić information content (AvgIpc) is 3.16. The zero-order valence-corrected chi connectivity index (χ0v) is 11.2. The fourth-order valence-electron chi connectivity index (χ4n) is 3.07. The maximum absolute atomic E-state index is 12.0. The number of aromatic amines is 1. The first-order valence-electron chi connectivity index (χ1n) is 7.21. The Bertz CT molecular complexity index is 772. The summed E-state index contributed by atoms with van der Waals surface area (Å²) < 4.78 is 0. The van der Waals surface area contributed by atoms with Crippen molar-refractivity contribution in [2.45, 2.75) is 32.1 Å². The first-order valence-corrected chi connectivity index (χ1v) is 7.21. The third-order valence-corrected chi connectivity index (χ3v) is 4.30. The van der Waals surface area contributed by atoms with Crippen LogP contribution in [0.5, 0.6) is 0 Å². The van der Waals surface area contributed by atoms with Crippen LogP contribution in [0.2, 0.25) is 0 Å². The van der Waals surface area contributed by atoms with Crippen LogP contribution in [-0.4, -0.2) is 10.9 Å². The minimum Gasteiger partial charge on any atom is -0.326 e. The van der Waals surface area contributed by atoms with E-state index >= 15 is 0 Å². The smallest absolute Gasteiger partial charge is 0.251 e. The van der Waals surface area contributed by atoms with Crippen LogP contribution in [0.15, 0.2) is 23.0 Å². The van der Waals surface area contributed by atoms with Gasteiger partial charge in [0.15, 0.2) is 0 Å². The second kappa shape index (κ2) is 4.20. The molecule has 0 spiro atoms. The second-order valence-corrected chi connectivity index (χ2v) is 5.79. The van der Waals surface area contributed by atoms with Gasteiger partial charge in [-0.2, -0.15) is 0 Å². The Labute approximate surface area is 116 Å². The van der Waals surface area contributed by atoms with E-state index in [1.165, 1.54) is 5.56 Å². The Kier molecular flexibility index (Phi) is 2.46. The molecule has 0 atom stereocenters. The molecule has 1 fully saturated rings. The van der Waals surface area contributed by atoms with E-state index in [0.29, 0.717) is 0 Å². The van der Waals surface area contributed by atoms with Crippen molar-refractivity contribution in [1.82, 2.24) is 4.98 Å². The highest BCUT2D eigenvalue weighted by Crippen LogP contribution is 2.31. The zero-order valence-electron chi connectivity index (χ0n) is 11.2. The number of hydrogen-bond acceptors (Lipinski definition) is 2. The zero-order chi connectivity index (χ0) is 13.7. The predicted molar refractivity (Wildman–Crippen MR) is 77.9 cm³/mol. The van der Waals surface area contributed by atoms with Gasteiger partial charge in [-0.1, -0.05) is 6.07 Å². The molecule has 2 aliphatic carbocycles. The average molecular weight is 268 g/mol. The Hall–Kier alpha value is -2.10. The van der Waals surface area contributed by atoms with Crippen LogP contribution in [0.4, 0.5) is 5.69 Å². The molecule has 4 nitrogen and oxygen atoms in total. The number of benzene rings is 1. The molecule has 2 N–H and O–H groups in total. The molecule has 1 aromatic carbocycles. The molecule has 0 aliphatic heterocycles. The number of carbonyl (C=O) groups excluding carboxylic acids is 1. The number of H-pyrrole nitrogens is 1. The standard InChI is InChI=1S/C16H16N2O2/c19-15(9-4-5-9)17-10-6-7-12-11-2-1-3-13(11)16(20)18-14(12)8-10/h6-9H,1-5H2,(H,17,19)(H,18,20). The van der Waals surface area contributed by atoms with Crippen LogP contribution in [-0.2, 0) is 17.6 Å². The van der Waals surface area contributed by atoms with Crippen molar-refractivity contribution >= 4 is 22.5 Å². The van der Waals surface area contributed by atoms with E-state index in [4.69, 9.17) is 0 Å². The molecular formula is C16H16N2O2. The van der Waals surface area contributed by atoms with Gasteiger partial charge in [0.25, 0.3) is 5.56 Å². The van der Waals surface area contributed by atoms with Crippen LogP contribution >= 0.6 is 0 Å². The fraction of sp³-hybridized carbons (Fsp3) is 0.375. The van der Waals surface area contributed by atoms with E-state index in [9.17, 15) is 9.59 Å². The summed E-state index contributed by atoms with van der Waals surface area (Å²) >= 11 is 0. The number of aryl methyl sites for hydroxylation is 1. The van der Waals surface area contributed by atoms with E-state index in [1.54, 1.807) is 0 Å². The highest BCUT2D eigenvalue weighted by Gasteiger charge is 2.29. The molecule has 20 heavy (non-hydrogen) atoms. The predicted octanol–water partition coefficient (Wildman–Crippen LogP) is 2.37. The Morgan fingerprint density at radius 3 is 2.80 bits per heavy atom. The molecule has 1 saturated carbocycles. The maximum Gasteiger partial charge on any atom is 0.251 e. The summed E-state index contributed by atoms with van der Waals surface area (Å²) in [6.45, 7) is 0. The number of carbonyl (C=O) groups is 1.